The number of amides is 2. The molecule has 2 heterocycles. The third-order valence-electron chi connectivity index (χ3n) is 3.10. The third kappa shape index (κ3) is 3.70. The first-order chi connectivity index (χ1) is 8.75. The number of likely N-dealkylation sites (tertiary alicyclic amines) is 1. The number of pyridine rings is 1. The largest absolute Gasteiger partial charge is 0.391 e. The maximum atomic E-state index is 11.8. The van der Waals surface area contributed by atoms with Gasteiger partial charge >= 0.3 is 6.03 Å². The maximum Gasteiger partial charge on any atom is 0.317 e. The molecule has 18 heavy (non-hydrogen) atoms. The van der Waals surface area contributed by atoms with Crippen LogP contribution in [0.4, 0.5) is 4.79 Å². The summed E-state index contributed by atoms with van der Waals surface area (Å²) in [5.74, 6) is 0. The van der Waals surface area contributed by atoms with Crippen LogP contribution < -0.4 is 5.32 Å². The predicted octanol–water partition coefficient (Wildman–Crippen LogP) is 0.790. The summed E-state index contributed by atoms with van der Waals surface area (Å²) in [6.45, 7) is 1.77. The molecule has 5 heteroatoms. The number of hydrogen-bond acceptors (Lipinski definition) is 3. The van der Waals surface area contributed by atoms with Crippen molar-refractivity contribution in [3.63, 3.8) is 0 Å². The van der Waals surface area contributed by atoms with Crippen molar-refractivity contribution < 1.29 is 9.90 Å². The zero-order valence-corrected chi connectivity index (χ0v) is 10.4. The van der Waals surface area contributed by atoms with Gasteiger partial charge < -0.3 is 15.3 Å². The Hall–Kier alpha value is -1.62. The average Bonchev–Trinajstić information content (AvgIpc) is 2.40. The summed E-state index contributed by atoms with van der Waals surface area (Å²) in [5, 5.41) is 12.4. The number of aliphatic hydroxyl groups excluding tert-OH is 1. The minimum absolute atomic E-state index is 0.0855. The van der Waals surface area contributed by atoms with E-state index in [4.69, 9.17) is 0 Å². The molecule has 1 fully saturated rings. The first-order valence-corrected chi connectivity index (χ1v) is 6.35. The summed E-state index contributed by atoms with van der Waals surface area (Å²) in [7, 11) is 0. The summed E-state index contributed by atoms with van der Waals surface area (Å²) < 4.78 is 0. The van der Waals surface area contributed by atoms with E-state index in [1.165, 1.54) is 0 Å². The number of urea groups is 1. The molecule has 0 saturated carbocycles. The van der Waals surface area contributed by atoms with Gasteiger partial charge in [-0.1, -0.05) is 6.07 Å². The molecule has 1 aromatic heterocycles. The second-order valence-electron chi connectivity index (χ2n) is 4.59. The molecular formula is C13H19N3O2. The molecule has 1 aromatic rings. The van der Waals surface area contributed by atoms with Crippen LogP contribution in [0.3, 0.4) is 0 Å². The highest BCUT2D eigenvalue weighted by Crippen LogP contribution is 2.09. The Morgan fingerprint density at radius 1 is 1.61 bits per heavy atom. The van der Waals surface area contributed by atoms with Crippen LogP contribution in [-0.4, -0.2) is 46.8 Å². The van der Waals surface area contributed by atoms with Gasteiger partial charge in [0, 0.05) is 32.0 Å². The maximum absolute atomic E-state index is 11.8. The van der Waals surface area contributed by atoms with Crippen LogP contribution in [0.15, 0.2) is 24.5 Å². The minimum Gasteiger partial charge on any atom is -0.391 e. The van der Waals surface area contributed by atoms with E-state index in [-0.39, 0.29) is 12.1 Å². The minimum atomic E-state index is -0.372. The number of aliphatic hydroxyl groups is 1. The van der Waals surface area contributed by atoms with E-state index in [0.717, 1.165) is 31.4 Å². The lowest BCUT2D eigenvalue weighted by Gasteiger charge is -2.30. The second kappa shape index (κ2) is 6.35. The molecule has 2 amide bonds. The van der Waals surface area contributed by atoms with Gasteiger partial charge in [0.25, 0.3) is 0 Å². The normalized spacial score (nSPS) is 19.6. The Bertz CT molecular complexity index is 383. The Balaban J connectivity index is 1.71. The Kier molecular flexibility index (Phi) is 4.52. The lowest BCUT2D eigenvalue weighted by Crippen LogP contribution is -2.47. The van der Waals surface area contributed by atoms with Gasteiger partial charge in [0.05, 0.1) is 6.10 Å². The third-order valence-corrected chi connectivity index (χ3v) is 3.10. The first kappa shape index (κ1) is 12.8. The monoisotopic (exact) mass is 249 g/mol. The molecule has 1 saturated heterocycles. The van der Waals surface area contributed by atoms with E-state index in [9.17, 15) is 9.90 Å². The molecule has 1 aliphatic heterocycles. The molecule has 2 rings (SSSR count). The fourth-order valence-corrected chi connectivity index (χ4v) is 2.11. The number of piperidine rings is 1. The number of rotatable bonds is 3. The van der Waals surface area contributed by atoms with Gasteiger partial charge in [0.1, 0.15) is 0 Å². The molecule has 5 nitrogen and oxygen atoms in total. The summed E-state index contributed by atoms with van der Waals surface area (Å²) in [6, 6.07) is 3.79. The van der Waals surface area contributed by atoms with Crippen molar-refractivity contribution in [2.75, 3.05) is 19.6 Å². The first-order valence-electron chi connectivity index (χ1n) is 6.35. The molecule has 1 unspecified atom stereocenters. The molecule has 0 bridgehead atoms. The van der Waals surface area contributed by atoms with E-state index in [1.807, 2.05) is 12.1 Å². The number of aromatic nitrogens is 1. The van der Waals surface area contributed by atoms with E-state index in [1.54, 1.807) is 17.3 Å². The zero-order chi connectivity index (χ0) is 12.8. The van der Waals surface area contributed by atoms with Crippen molar-refractivity contribution in [1.82, 2.24) is 15.2 Å². The van der Waals surface area contributed by atoms with Crippen LogP contribution in [0.25, 0.3) is 0 Å². The highest BCUT2D eigenvalue weighted by Gasteiger charge is 2.21. The number of hydrogen-bond donors (Lipinski definition) is 2. The lowest BCUT2D eigenvalue weighted by atomic mass is 10.1. The van der Waals surface area contributed by atoms with Crippen molar-refractivity contribution in [2.24, 2.45) is 0 Å². The highest BCUT2D eigenvalue weighted by atomic mass is 16.3. The lowest BCUT2D eigenvalue weighted by molar-refractivity contribution is 0.0843. The molecule has 98 valence electrons. The number of β-amino-alcohol motifs (C(OH)–C–C–N with tert-alkyl or cyclic N) is 1. The summed E-state index contributed by atoms with van der Waals surface area (Å²) in [5.41, 5.74) is 1.11. The van der Waals surface area contributed by atoms with Crippen LogP contribution in [0.5, 0.6) is 0 Å². The van der Waals surface area contributed by atoms with Gasteiger partial charge in [-0.05, 0) is 30.9 Å². The van der Waals surface area contributed by atoms with Crippen molar-refractivity contribution >= 4 is 6.03 Å². The van der Waals surface area contributed by atoms with E-state index in [0.29, 0.717) is 13.1 Å². The molecule has 1 aliphatic rings. The molecule has 0 aliphatic carbocycles. The summed E-state index contributed by atoms with van der Waals surface area (Å²) in [6.07, 6.45) is 5.60. The SMILES string of the molecule is O=C(NCCc1cccnc1)N1CCCC(O)C1. The Labute approximate surface area is 107 Å². The fraction of sp³-hybridized carbons (Fsp3) is 0.538. The Morgan fingerprint density at radius 3 is 3.22 bits per heavy atom. The van der Waals surface area contributed by atoms with Crippen molar-refractivity contribution in [2.45, 2.75) is 25.4 Å². The second-order valence-corrected chi connectivity index (χ2v) is 4.59. The van der Waals surface area contributed by atoms with Gasteiger partial charge in [-0.15, -0.1) is 0 Å². The van der Waals surface area contributed by atoms with Crippen LogP contribution in [-0.2, 0) is 6.42 Å². The van der Waals surface area contributed by atoms with Crippen LogP contribution in [0, 0.1) is 0 Å². The number of carbonyl (C=O) groups excluding carboxylic acids is 1. The highest BCUT2D eigenvalue weighted by molar-refractivity contribution is 5.74. The van der Waals surface area contributed by atoms with E-state index < -0.39 is 0 Å². The van der Waals surface area contributed by atoms with Gasteiger partial charge in [0.2, 0.25) is 0 Å². The quantitative estimate of drug-likeness (QED) is 0.832. The Morgan fingerprint density at radius 2 is 2.50 bits per heavy atom. The number of carbonyl (C=O) groups is 1. The predicted molar refractivity (Wildman–Crippen MR) is 68.2 cm³/mol. The van der Waals surface area contributed by atoms with Crippen LogP contribution in [0.1, 0.15) is 18.4 Å². The number of nitrogens with one attached hydrogen (secondary N) is 1. The summed E-state index contributed by atoms with van der Waals surface area (Å²) in [4.78, 5) is 17.5. The molecule has 2 N–H and O–H groups in total. The van der Waals surface area contributed by atoms with E-state index in [2.05, 4.69) is 10.3 Å². The molecule has 0 spiro atoms. The zero-order valence-electron chi connectivity index (χ0n) is 10.4. The topological polar surface area (TPSA) is 65.5 Å². The standard InChI is InChI=1S/C13H19N3O2/c17-12-4-2-8-16(10-12)13(18)15-7-5-11-3-1-6-14-9-11/h1,3,6,9,12,17H,2,4-5,7-8,10H2,(H,15,18). The molecule has 0 radical (unpaired) electrons. The van der Waals surface area contributed by atoms with Crippen molar-refractivity contribution in [3.8, 4) is 0 Å². The molecular weight excluding hydrogens is 230 g/mol. The van der Waals surface area contributed by atoms with Crippen molar-refractivity contribution in [1.29, 1.82) is 0 Å². The average molecular weight is 249 g/mol. The van der Waals surface area contributed by atoms with Crippen LogP contribution in [0.2, 0.25) is 0 Å². The van der Waals surface area contributed by atoms with Gasteiger partial charge in [0.15, 0.2) is 0 Å². The van der Waals surface area contributed by atoms with Gasteiger partial charge in [-0.2, -0.15) is 0 Å². The molecule has 1 atom stereocenters. The van der Waals surface area contributed by atoms with Crippen LogP contribution >= 0.6 is 0 Å². The van der Waals surface area contributed by atoms with Gasteiger partial charge in [-0.25, -0.2) is 4.79 Å². The van der Waals surface area contributed by atoms with Gasteiger partial charge in [-0.3, -0.25) is 4.98 Å². The fourth-order valence-electron chi connectivity index (χ4n) is 2.11. The van der Waals surface area contributed by atoms with E-state index >= 15 is 0 Å². The molecule has 0 aromatic carbocycles. The smallest absolute Gasteiger partial charge is 0.317 e. The summed E-state index contributed by atoms with van der Waals surface area (Å²) >= 11 is 0. The van der Waals surface area contributed by atoms with Crippen molar-refractivity contribution in [3.05, 3.63) is 30.1 Å². The number of nitrogens with zero attached hydrogens (tertiary/aromatic N) is 2.